The molecule has 0 aromatic heterocycles. The highest BCUT2D eigenvalue weighted by Gasteiger charge is 2.35. The first-order valence-electron chi connectivity index (χ1n) is 14.2. The van der Waals surface area contributed by atoms with Gasteiger partial charge in [-0.3, -0.25) is 9.11 Å². The van der Waals surface area contributed by atoms with E-state index in [-0.39, 0.29) is 9.79 Å². The van der Waals surface area contributed by atoms with Crippen LogP contribution < -0.4 is 9.80 Å². The monoisotopic (exact) mass is 626 g/mol. The van der Waals surface area contributed by atoms with E-state index >= 15 is 0 Å². The third-order valence-electron chi connectivity index (χ3n) is 8.55. The van der Waals surface area contributed by atoms with Crippen molar-refractivity contribution in [3.8, 4) is 0 Å². The van der Waals surface area contributed by atoms with Crippen LogP contribution in [0.2, 0.25) is 0 Å². The molecule has 2 aromatic carbocycles. The molecule has 0 amide bonds. The first-order chi connectivity index (χ1) is 19.1. The second-order valence-corrected chi connectivity index (χ2v) is 19.1. The van der Waals surface area contributed by atoms with Gasteiger partial charge < -0.3 is 9.80 Å². The van der Waals surface area contributed by atoms with E-state index in [1.807, 2.05) is 12.1 Å². The zero-order valence-corrected chi connectivity index (χ0v) is 26.2. The van der Waals surface area contributed by atoms with Crippen LogP contribution in [0.3, 0.4) is 0 Å². The number of rotatable bonds is 6. The topological polar surface area (TPSA) is 115 Å². The van der Waals surface area contributed by atoms with Gasteiger partial charge in [0.15, 0.2) is 0 Å². The number of hydrogen-bond acceptors (Lipinski definition) is 6. The normalized spacial score (nSPS) is 24.4. The van der Waals surface area contributed by atoms with Gasteiger partial charge in [0.2, 0.25) is 0 Å². The zero-order valence-electron chi connectivity index (χ0n) is 22.8. The SMILES string of the molecule is O=S(=O)(O)c1cccc(N2CP(C3CCCCC3)CN(c3cccc(S(=O)(=O)O)c3)CP(C3CCCCC3)C2)c1. The summed E-state index contributed by atoms with van der Waals surface area (Å²) in [5.41, 5.74) is 2.87. The van der Waals surface area contributed by atoms with Crippen LogP contribution in [0.4, 0.5) is 11.4 Å². The summed E-state index contributed by atoms with van der Waals surface area (Å²) in [6.07, 6.45) is 15.5. The second-order valence-electron chi connectivity index (χ2n) is 11.4. The average Bonchev–Trinajstić information content (AvgIpc) is 2.93. The summed E-state index contributed by atoms with van der Waals surface area (Å²) >= 11 is 0. The van der Waals surface area contributed by atoms with Crippen LogP contribution in [0.15, 0.2) is 58.3 Å². The third-order valence-corrected chi connectivity index (χ3v) is 16.2. The van der Waals surface area contributed by atoms with Gasteiger partial charge >= 0.3 is 0 Å². The average molecular weight is 627 g/mol. The van der Waals surface area contributed by atoms with Crippen molar-refractivity contribution in [1.29, 1.82) is 0 Å². The molecule has 12 heteroatoms. The predicted molar refractivity (Wildman–Crippen MR) is 165 cm³/mol. The van der Waals surface area contributed by atoms with Gasteiger partial charge in [-0.2, -0.15) is 16.8 Å². The molecule has 220 valence electrons. The first-order valence-corrected chi connectivity index (χ1v) is 20.7. The quantitative estimate of drug-likeness (QED) is 0.261. The number of nitrogens with zero attached hydrogens (tertiary/aromatic N) is 2. The number of benzene rings is 2. The molecule has 1 aliphatic heterocycles. The Morgan fingerprint density at radius 1 is 0.575 bits per heavy atom. The number of anilines is 2. The molecule has 1 saturated heterocycles. The van der Waals surface area contributed by atoms with Crippen molar-refractivity contribution in [2.24, 2.45) is 0 Å². The van der Waals surface area contributed by atoms with Gasteiger partial charge in [-0.1, -0.05) is 66.5 Å². The molecule has 40 heavy (non-hydrogen) atoms. The van der Waals surface area contributed by atoms with Crippen molar-refractivity contribution in [3.05, 3.63) is 48.5 Å². The predicted octanol–water partition coefficient (Wildman–Crippen LogP) is 6.97. The van der Waals surface area contributed by atoms with Crippen molar-refractivity contribution in [2.75, 3.05) is 34.9 Å². The minimum absolute atomic E-state index is 0.0697. The van der Waals surface area contributed by atoms with Crippen LogP contribution in [-0.2, 0) is 20.2 Å². The Morgan fingerprint density at radius 3 is 1.25 bits per heavy atom. The molecule has 1 heterocycles. The Hall–Kier alpha value is -1.28. The van der Waals surface area contributed by atoms with Crippen molar-refractivity contribution in [1.82, 2.24) is 0 Å². The van der Waals surface area contributed by atoms with Crippen LogP contribution in [-0.4, -0.2) is 62.4 Å². The summed E-state index contributed by atoms with van der Waals surface area (Å²) in [5.74, 6) is 0. The summed E-state index contributed by atoms with van der Waals surface area (Å²) in [7, 11) is -9.67. The van der Waals surface area contributed by atoms with Crippen LogP contribution in [0.1, 0.15) is 64.2 Å². The molecular formula is C28H40N2O6P2S2. The van der Waals surface area contributed by atoms with E-state index in [4.69, 9.17) is 0 Å². The molecule has 8 nitrogen and oxygen atoms in total. The van der Waals surface area contributed by atoms with Crippen LogP contribution in [0.25, 0.3) is 0 Å². The molecule has 0 atom stereocenters. The number of hydrogen-bond donors (Lipinski definition) is 2. The van der Waals surface area contributed by atoms with Crippen LogP contribution in [0.5, 0.6) is 0 Å². The Kier molecular flexibility index (Phi) is 9.76. The molecule has 0 bridgehead atoms. The van der Waals surface area contributed by atoms with Gasteiger partial charge in [-0.05, 0) is 73.4 Å². The Bertz CT molecular complexity index is 1260. The fraction of sp³-hybridized carbons (Fsp3) is 0.571. The van der Waals surface area contributed by atoms with E-state index in [0.717, 1.165) is 36.5 Å². The fourth-order valence-electron chi connectivity index (χ4n) is 6.42. The van der Waals surface area contributed by atoms with Crippen LogP contribution in [0, 0.1) is 0 Å². The Balaban J connectivity index is 1.53. The Morgan fingerprint density at radius 2 is 0.925 bits per heavy atom. The molecule has 2 N–H and O–H groups in total. The zero-order chi connectivity index (χ0) is 28.3. The highest BCUT2D eigenvalue weighted by atomic mass is 32.2. The molecule has 0 unspecified atom stereocenters. The largest absolute Gasteiger partial charge is 0.363 e. The van der Waals surface area contributed by atoms with Gasteiger partial charge in [-0.15, -0.1) is 0 Å². The maximum atomic E-state index is 12.0. The Labute approximate surface area is 241 Å². The molecule has 2 aliphatic carbocycles. The molecule has 2 saturated carbocycles. The molecule has 3 aliphatic rings. The first kappa shape index (κ1) is 30.2. The molecule has 0 radical (unpaired) electrons. The molecule has 3 fully saturated rings. The van der Waals surface area contributed by atoms with E-state index in [9.17, 15) is 25.9 Å². The van der Waals surface area contributed by atoms with Crippen molar-refractivity contribution >= 4 is 47.5 Å². The maximum absolute atomic E-state index is 12.0. The molecule has 5 rings (SSSR count). The lowest BCUT2D eigenvalue weighted by Gasteiger charge is -2.46. The van der Waals surface area contributed by atoms with Crippen molar-refractivity contribution < 1.29 is 25.9 Å². The lowest BCUT2D eigenvalue weighted by Crippen LogP contribution is -2.38. The lowest BCUT2D eigenvalue weighted by molar-refractivity contribution is 0.481. The van der Waals surface area contributed by atoms with E-state index < -0.39 is 36.1 Å². The van der Waals surface area contributed by atoms with Crippen molar-refractivity contribution in [2.45, 2.75) is 85.3 Å². The minimum atomic E-state index is -4.30. The lowest BCUT2D eigenvalue weighted by atomic mass is 10.0. The van der Waals surface area contributed by atoms with Gasteiger partial charge in [0.05, 0.1) is 9.79 Å². The van der Waals surface area contributed by atoms with E-state index in [1.54, 1.807) is 24.3 Å². The van der Waals surface area contributed by atoms with E-state index in [1.165, 1.54) is 76.3 Å². The van der Waals surface area contributed by atoms with Crippen molar-refractivity contribution in [3.63, 3.8) is 0 Å². The summed E-state index contributed by atoms with van der Waals surface area (Å²) in [6, 6.07) is 13.5. The summed E-state index contributed by atoms with van der Waals surface area (Å²) < 4.78 is 67.5. The summed E-state index contributed by atoms with van der Waals surface area (Å²) in [5, 5.41) is 0. The van der Waals surface area contributed by atoms with Gasteiger partial charge in [-0.25, -0.2) is 0 Å². The molecule has 2 aromatic rings. The van der Waals surface area contributed by atoms with E-state index in [2.05, 4.69) is 9.80 Å². The molecule has 0 spiro atoms. The van der Waals surface area contributed by atoms with E-state index in [0.29, 0.717) is 11.3 Å². The smallest absolute Gasteiger partial charge is 0.294 e. The van der Waals surface area contributed by atoms with Gasteiger partial charge in [0.1, 0.15) is 0 Å². The summed E-state index contributed by atoms with van der Waals surface area (Å²) in [6.45, 7) is 0. The van der Waals surface area contributed by atoms with Crippen LogP contribution >= 0.6 is 15.8 Å². The third kappa shape index (κ3) is 7.56. The summed E-state index contributed by atoms with van der Waals surface area (Å²) in [4.78, 5) is 4.67. The maximum Gasteiger partial charge on any atom is 0.294 e. The minimum Gasteiger partial charge on any atom is -0.363 e. The second kappa shape index (κ2) is 12.9. The highest BCUT2D eigenvalue weighted by Crippen LogP contribution is 2.57. The standard InChI is InChI=1S/C28H40N2O6P2S2/c31-39(32,33)27-15-7-9-23(17-27)29-19-37(25-11-3-1-4-12-25)20-30(22-38(21-29)26-13-5-2-6-14-26)24-10-8-16-28(18-24)40(34,35)36/h7-10,15-18,25-26H,1-6,11-14,19-22H2,(H,31,32,33)(H,34,35,36). The van der Waals surface area contributed by atoms with Gasteiger partial charge in [0.25, 0.3) is 20.2 Å². The molecular weight excluding hydrogens is 586 g/mol. The fourth-order valence-corrected chi connectivity index (χ4v) is 13.9. The van der Waals surface area contributed by atoms with Gasteiger partial charge in [0, 0.05) is 36.5 Å². The highest BCUT2D eigenvalue weighted by molar-refractivity contribution is 7.86.